The molecule has 21 heavy (non-hydrogen) atoms. The number of aryl methyl sites for hydroxylation is 3. The smallest absolute Gasteiger partial charge is 0.358 e. The number of benzene rings is 1. The first-order chi connectivity index (χ1) is 9.93. The maximum Gasteiger partial charge on any atom is 0.358 e. The Hall–Kier alpha value is -2.21. The summed E-state index contributed by atoms with van der Waals surface area (Å²) >= 11 is 0. The maximum atomic E-state index is 11.2. The second-order valence-electron chi connectivity index (χ2n) is 5.26. The molecule has 2 rings (SSSR count). The molecule has 0 amide bonds. The fraction of sp³-hybridized carbons (Fsp3) is 0.400. The number of rotatable bonds is 5. The first kappa shape index (κ1) is 15.2. The lowest BCUT2D eigenvalue weighted by molar-refractivity contribution is 0.0689. The third-order valence-electron chi connectivity index (χ3n) is 3.57. The third-order valence-corrected chi connectivity index (χ3v) is 3.57. The van der Waals surface area contributed by atoms with E-state index in [1.165, 1.54) is 16.7 Å². The number of carboxylic acid groups (broad SMARTS) is 1. The molecule has 0 spiro atoms. The van der Waals surface area contributed by atoms with E-state index in [0.717, 1.165) is 5.56 Å². The molecule has 2 aromatic rings. The summed E-state index contributed by atoms with van der Waals surface area (Å²) in [5.74, 6) is -1.07. The van der Waals surface area contributed by atoms with Crippen molar-refractivity contribution in [2.24, 2.45) is 5.73 Å². The van der Waals surface area contributed by atoms with Crippen LogP contribution in [-0.4, -0.2) is 32.6 Å². The highest BCUT2D eigenvalue weighted by atomic mass is 16.4. The molecule has 0 saturated heterocycles. The molecule has 0 aliphatic rings. The lowest BCUT2D eigenvalue weighted by Gasteiger charge is -2.13. The van der Waals surface area contributed by atoms with Crippen LogP contribution in [-0.2, 0) is 13.0 Å². The average Bonchev–Trinajstić information content (AvgIpc) is 2.77. The van der Waals surface area contributed by atoms with Crippen LogP contribution in [0.4, 0.5) is 0 Å². The van der Waals surface area contributed by atoms with E-state index < -0.39 is 5.97 Å². The van der Waals surface area contributed by atoms with E-state index in [-0.39, 0.29) is 5.69 Å². The molecule has 112 valence electrons. The van der Waals surface area contributed by atoms with Crippen molar-refractivity contribution in [3.05, 3.63) is 45.8 Å². The molecule has 1 aromatic carbocycles. The molecule has 0 fully saturated rings. The molecule has 6 nitrogen and oxygen atoms in total. The molecule has 3 N–H and O–H groups in total. The fourth-order valence-electron chi connectivity index (χ4n) is 2.62. The third kappa shape index (κ3) is 3.11. The van der Waals surface area contributed by atoms with E-state index in [1.54, 1.807) is 4.68 Å². The molecule has 6 heteroatoms. The number of carboxylic acids is 1. The second-order valence-corrected chi connectivity index (χ2v) is 5.26. The first-order valence-electron chi connectivity index (χ1n) is 6.86. The Kier molecular flexibility index (Phi) is 4.37. The number of aromatic nitrogens is 3. The minimum absolute atomic E-state index is 0.0112. The lowest BCUT2D eigenvalue weighted by Crippen LogP contribution is -2.15. The summed E-state index contributed by atoms with van der Waals surface area (Å²) in [5, 5.41) is 16.9. The number of nitrogens with two attached hydrogens (primary N) is 1. The summed E-state index contributed by atoms with van der Waals surface area (Å²) in [6, 6.07) is 4.22. The van der Waals surface area contributed by atoms with Crippen molar-refractivity contribution < 1.29 is 9.90 Å². The summed E-state index contributed by atoms with van der Waals surface area (Å²) in [6.07, 6.45) is 0.443. The van der Waals surface area contributed by atoms with Gasteiger partial charge in [0.15, 0.2) is 5.69 Å². The van der Waals surface area contributed by atoms with Crippen molar-refractivity contribution >= 4 is 5.97 Å². The van der Waals surface area contributed by atoms with Crippen LogP contribution in [0, 0.1) is 20.8 Å². The highest BCUT2D eigenvalue weighted by molar-refractivity contribution is 5.86. The van der Waals surface area contributed by atoms with E-state index in [1.807, 2.05) is 13.8 Å². The largest absolute Gasteiger partial charge is 0.476 e. The fourth-order valence-corrected chi connectivity index (χ4v) is 2.62. The van der Waals surface area contributed by atoms with Gasteiger partial charge in [0.2, 0.25) is 0 Å². The number of carbonyl (C=O) groups is 1. The van der Waals surface area contributed by atoms with Crippen LogP contribution >= 0.6 is 0 Å². The maximum absolute atomic E-state index is 11.2. The van der Waals surface area contributed by atoms with E-state index in [0.29, 0.717) is 25.2 Å². The van der Waals surface area contributed by atoms with Crippen LogP contribution in [0.5, 0.6) is 0 Å². The zero-order valence-electron chi connectivity index (χ0n) is 12.6. The molecule has 0 radical (unpaired) electrons. The van der Waals surface area contributed by atoms with Gasteiger partial charge in [0.05, 0.1) is 12.2 Å². The molecule has 1 aromatic heterocycles. The standard InChI is InChI=1S/C15H20N4O2/c1-9-6-10(2)12(11(3)7-9)8-19-13(4-5-16)14(15(20)21)17-18-19/h6-7H,4-5,8,16H2,1-3H3,(H,20,21). The van der Waals surface area contributed by atoms with Gasteiger partial charge in [-0.25, -0.2) is 9.48 Å². The SMILES string of the molecule is Cc1cc(C)c(Cn2nnc(C(=O)O)c2CCN)c(C)c1. The van der Waals surface area contributed by atoms with Gasteiger partial charge >= 0.3 is 5.97 Å². The van der Waals surface area contributed by atoms with Crippen LogP contribution in [0.1, 0.15) is 38.4 Å². The van der Waals surface area contributed by atoms with Gasteiger partial charge in [0.1, 0.15) is 0 Å². The topological polar surface area (TPSA) is 94.0 Å². The van der Waals surface area contributed by atoms with E-state index >= 15 is 0 Å². The molecular formula is C15H20N4O2. The Bertz CT molecular complexity index is 653. The Balaban J connectivity index is 2.42. The van der Waals surface area contributed by atoms with E-state index in [9.17, 15) is 4.79 Å². The minimum Gasteiger partial charge on any atom is -0.476 e. The van der Waals surface area contributed by atoms with Gasteiger partial charge in [0.25, 0.3) is 0 Å². The summed E-state index contributed by atoms with van der Waals surface area (Å²) < 4.78 is 1.64. The number of aromatic carboxylic acids is 1. The Morgan fingerprint density at radius 3 is 2.43 bits per heavy atom. The van der Waals surface area contributed by atoms with Crippen LogP contribution in [0.25, 0.3) is 0 Å². The van der Waals surface area contributed by atoms with Gasteiger partial charge in [-0.1, -0.05) is 22.9 Å². The van der Waals surface area contributed by atoms with Gasteiger partial charge in [-0.2, -0.15) is 0 Å². The van der Waals surface area contributed by atoms with Gasteiger partial charge in [0, 0.05) is 6.42 Å². The molecular weight excluding hydrogens is 268 g/mol. The predicted molar refractivity (Wildman–Crippen MR) is 79.5 cm³/mol. The van der Waals surface area contributed by atoms with Crippen molar-refractivity contribution in [3.8, 4) is 0 Å². The second kappa shape index (κ2) is 6.05. The van der Waals surface area contributed by atoms with Crippen molar-refractivity contribution in [3.63, 3.8) is 0 Å². The van der Waals surface area contributed by atoms with Crippen LogP contribution in [0.2, 0.25) is 0 Å². The molecule has 0 unspecified atom stereocenters. The Morgan fingerprint density at radius 2 is 1.90 bits per heavy atom. The zero-order valence-corrected chi connectivity index (χ0v) is 12.6. The van der Waals surface area contributed by atoms with Crippen LogP contribution < -0.4 is 5.73 Å². The zero-order chi connectivity index (χ0) is 15.6. The summed E-state index contributed by atoms with van der Waals surface area (Å²) in [7, 11) is 0. The number of hydrogen-bond acceptors (Lipinski definition) is 4. The van der Waals surface area contributed by atoms with Crippen molar-refractivity contribution in [1.29, 1.82) is 0 Å². The van der Waals surface area contributed by atoms with E-state index in [2.05, 4.69) is 29.4 Å². The van der Waals surface area contributed by atoms with Crippen LogP contribution in [0.3, 0.4) is 0 Å². The number of nitrogens with zero attached hydrogens (tertiary/aromatic N) is 3. The summed E-state index contributed by atoms with van der Waals surface area (Å²) in [4.78, 5) is 11.2. The normalized spacial score (nSPS) is 10.9. The average molecular weight is 288 g/mol. The Morgan fingerprint density at radius 1 is 1.29 bits per heavy atom. The predicted octanol–water partition coefficient (Wildman–Crippen LogP) is 1.45. The molecule has 0 saturated carbocycles. The lowest BCUT2D eigenvalue weighted by atomic mass is 10.00. The van der Waals surface area contributed by atoms with Gasteiger partial charge in [-0.3, -0.25) is 0 Å². The summed E-state index contributed by atoms with van der Waals surface area (Å²) in [6.45, 7) is 7.02. The highest BCUT2D eigenvalue weighted by Crippen LogP contribution is 2.19. The van der Waals surface area contributed by atoms with Gasteiger partial charge in [-0.05, 0) is 44.0 Å². The first-order valence-corrected chi connectivity index (χ1v) is 6.86. The van der Waals surface area contributed by atoms with Gasteiger partial charge < -0.3 is 10.8 Å². The van der Waals surface area contributed by atoms with Crippen molar-refractivity contribution in [2.75, 3.05) is 6.54 Å². The molecule has 0 aliphatic heterocycles. The van der Waals surface area contributed by atoms with Gasteiger partial charge in [-0.15, -0.1) is 5.10 Å². The van der Waals surface area contributed by atoms with Crippen molar-refractivity contribution in [1.82, 2.24) is 15.0 Å². The monoisotopic (exact) mass is 288 g/mol. The van der Waals surface area contributed by atoms with Crippen molar-refractivity contribution in [2.45, 2.75) is 33.7 Å². The minimum atomic E-state index is -1.07. The summed E-state index contributed by atoms with van der Waals surface area (Å²) in [5.41, 5.74) is 10.8. The molecule has 0 bridgehead atoms. The molecule has 0 atom stereocenters. The van der Waals surface area contributed by atoms with E-state index in [4.69, 9.17) is 10.8 Å². The quantitative estimate of drug-likeness (QED) is 0.868. The van der Waals surface area contributed by atoms with Crippen LogP contribution in [0.15, 0.2) is 12.1 Å². The number of hydrogen-bond donors (Lipinski definition) is 2. The highest BCUT2D eigenvalue weighted by Gasteiger charge is 2.19. The molecule has 1 heterocycles. The molecule has 0 aliphatic carbocycles. The Labute approximate surface area is 123 Å².